The molecule has 9 heteroatoms. The maximum absolute atomic E-state index is 12.5. The molecule has 1 fully saturated rings. The fraction of sp³-hybridized carbons (Fsp3) is 0.438. The van der Waals surface area contributed by atoms with Gasteiger partial charge in [-0.15, -0.1) is 5.10 Å². The number of imide groups is 1. The Hall–Kier alpha value is -2.97. The second-order valence-electron chi connectivity index (χ2n) is 6.12. The Balaban J connectivity index is 1.66. The molecule has 1 atom stereocenters. The zero-order chi connectivity index (χ0) is 18.0. The van der Waals surface area contributed by atoms with Gasteiger partial charge in [0.05, 0.1) is 19.3 Å². The first-order valence-electron chi connectivity index (χ1n) is 7.99. The van der Waals surface area contributed by atoms with Crippen LogP contribution in [0.25, 0.3) is 0 Å². The number of hydrogen-bond donors (Lipinski definition) is 1. The maximum atomic E-state index is 12.5. The molecule has 0 radical (unpaired) electrons. The molecule has 0 aliphatic carbocycles. The molecule has 3 rings (SSSR count). The zero-order valence-corrected chi connectivity index (χ0v) is 14.3. The number of ether oxygens (including phenoxy) is 1. The van der Waals surface area contributed by atoms with E-state index in [0.29, 0.717) is 18.0 Å². The van der Waals surface area contributed by atoms with Crippen LogP contribution in [0.5, 0.6) is 5.88 Å². The van der Waals surface area contributed by atoms with Crippen LogP contribution in [0.4, 0.5) is 4.79 Å². The molecule has 2 aromatic heterocycles. The van der Waals surface area contributed by atoms with Crippen molar-refractivity contribution < 1.29 is 14.3 Å². The van der Waals surface area contributed by atoms with Crippen LogP contribution in [0, 0.1) is 0 Å². The Morgan fingerprint density at radius 2 is 2.12 bits per heavy atom. The molecule has 1 aliphatic heterocycles. The number of amides is 3. The number of carbonyl (C=O) groups excluding carboxylic acids is 2. The summed E-state index contributed by atoms with van der Waals surface area (Å²) in [5.74, 6) is 0.201. The molecule has 0 aromatic carbocycles. The Kier molecular flexibility index (Phi) is 4.64. The van der Waals surface area contributed by atoms with Crippen molar-refractivity contribution in [3.63, 3.8) is 0 Å². The molecule has 0 bridgehead atoms. The zero-order valence-electron chi connectivity index (χ0n) is 14.3. The minimum absolute atomic E-state index is 0.164. The second-order valence-corrected chi connectivity index (χ2v) is 6.12. The van der Waals surface area contributed by atoms with Gasteiger partial charge in [-0.3, -0.25) is 9.69 Å². The topological polar surface area (TPSA) is 102 Å². The van der Waals surface area contributed by atoms with Crippen LogP contribution in [-0.4, -0.2) is 50.0 Å². The van der Waals surface area contributed by atoms with E-state index in [-0.39, 0.29) is 18.5 Å². The van der Waals surface area contributed by atoms with Gasteiger partial charge in [0.25, 0.3) is 5.91 Å². The summed E-state index contributed by atoms with van der Waals surface area (Å²) in [5.41, 5.74) is 1.41. The third-order valence-electron chi connectivity index (χ3n) is 3.95. The Morgan fingerprint density at radius 1 is 1.32 bits per heavy atom. The van der Waals surface area contributed by atoms with E-state index in [1.54, 1.807) is 29.2 Å². The molecule has 9 nitrogen and oxygen atoms in total. The number of hydrogen-bond acceptors (Lipinski definition) is 6. The Morgan fingerprint density at radius 3 is 2.72 bits per heavy atom. The summed E-state index contributed by atoms with van der Waals surface area (Å²) in [5, 5.41) is 10.8. The highest BCUT2D eigenvalue weighted by Crippen LogP contribution is 2.16. The molecule has 1 aliphatic rings. The lowest BCUT2D eigenvalue weighted by molar-refractivity contribution is -0.127. The van der Waals surface area contributed by atoms with Gasteiger partial charge in [0.2, 0.25) is 5.88 Å². The van der Waals surface area contributed by atoms with E-state index in [9.17, 15) is 9.59 Å². The summed E-state index contributed by atoms with van der Waals surface area (Å²) in [7, 11) is 1.53. The monoisotopic (exact) mass is 344 g/mol. The van der Waals surface area contributed by atoms with Crippen LogP contribution in [0.2, 0.25) is 0 Å². The van der Waals surface area contributed by atoms with Crippen LogP contribution in [-0.2, 0) is 17.8 Å². The van der Waals surface area contributed by atoms with E-state index >= 15 is 0 Å². The van der Waals surface area contributed by atoms with E-state index in [1.165, 1.54) is 12.0 Å². The SMILES string of the molecule is COc1ccc(CN2C(=O)NC(Cc3cn(C(C)C)nn3)C2=O)cn1. The molecule has 1 N–H and O–H groups in total. The quantitative estimate of drug-likeness (QED) is 0.782. The lowest BCUT2D eigenvalue weighted by Crippen LogP contribution is -2.32. The molecule has 132 valence electrons. The van der Waals surface area contributed by atoms with Crippen molar-refractivity contribution in [3.8, 4) is 5.88 Å². The van der Waals surface area contributed by atoms with Crippen LogP contribution >= 0.6 is 0 Å². The largest absolute Gasteiger partial charge is 0.481 e. The van der Waals surface area contributed by atoms with Gasteiger partial charge in [0, 0.05) is 30.9 Å². The van der Waals surface area contributed by atoms with Gasteiger partial charge in [0.15, 0.2) is 0 Å². The molecular formula is C16H20N6O3. The molecule has 0 saturated carbocycles. The van der Waals surface area contributed by atoms with Gasteiger partial charge in [-0.05, 0) is 19.4 Å². The van der Waals surface area contributed by atoms with Crippen LogP contribution in [0.3, 0.4) is 0 Å². The minimum Gasteiger partial charge on any atom is -0.481 e. The van der Waals surface area contributed by atoms with E-state index in [0.717, 1.165) is 5.56 Å². The van der Waals surface area contributed by atoms with E-state index in [4.69, 9.17) is 4.74 Å². The van der Waals surface area contributed by atoms with Gasteiger partial charge in [-0.25, -0.2) is 14.5 Å². The first-order chi connectivity index (χ1) is 12.0. The predicted octanol–water partition coefficient (Wildman–Crippen LogP) is 0.926. The van der Waals surface area contributed by atoms with Crippen molar-refractivity contribution in [3.05, 3.63) is 35.8 Å². The van der Waals surface area contributed by atoms with Crippen LogP contribution in [0.15, 0.2) is 24.5 Å². The average Bonchev–Trinajstić information content (AvgIpc) is 3.16. The number of nitrogens with one attached hydrogen (secondary N) is 1. The molecule has 3 heterocycles. The number of methoxy groups -OCH3 is 1. The maximum Gasteiger partial charge on any atom is 0.325 e. The summed E-state index contributed by atoms with van der Waals surface area (Å²) < 4.78 is 6.72. The Labute approximate surface area is 145 Å². The number of urea groups is 1. The van der Waals surface area contributed by atoms with E-state index < -0.39 is 12.1 Å². The van der Waals surface area contributed by atoms with Crippen molar-refractivity contribution in [2.24, 2.45) is 0 Å². The normalized spacial score (nSPS) is 17.3. The van der Waals surface area contributed by atoms with Gasteiger partial charge in [-0.2, -0.15) is 0 Å². The van der Waals surface area contributed by atoms with Gasteiger partial charge < -0.3 is 10.1 Å². The molecule has 1 saturated heterocycles. The summed E-state index contributed by atoms with van der Waals surface area (Å²) in [6.45, 7) is 4.15. The third-order valence-corrected chi connectivity index (χ3v) is 3.95. The van der Waals surface area contributed by atoms with Crippen LogP contribution in [0.1, 0.15) is 31.1 Å². The molecule has 2 aromatic rings. The molecule has 3 amide bonds. The highest BCUT2D eigenvalue weighted by Gasteiger charge is 2.38. The summed E-state index contributed by atoms with van der Waals surface area (Å²) in [6.07, 6.45) is 3.69. The molecular weight excluding hydrogens is 324 g/mol. The average molecular weight is 344 g/mol. The molecule has 1 unspecified atom stereocenters. The highest BCUT2D eigenvalue weighted by atomic mass is 16.5. The van der Waals surface area contributed by atoms with Gasteiger partial charge >= 0.3 is 6.03 Å². The van der Waals surface area contributed by atoms with Crippen molar-refractivity contribution in [2.75, 3.05) is 7.11 Å². The van der Waals surface area contributed by atoms with Crippen molar-refractivity contribution in [2.45, 2.75) is 38.9 Å². The standard InChI is InChI=1S/C16H20N6O3/c1-10(2)22-9-12(19-20-22)6-13-15(23)21(16(24)18-13)8-11-4-5-14(25-3)17-7-11/h4-5,7,9-10,13H,6,8H2,1-3H3,(H,18,24). The number of aromatic nitrogens is 4. The highest BCUT2D eigenvalue weighted by molar-refractivity contribution is 6.04. The van der Waals surface area contributed by atoms with E-state index in [1.807, 2.05) is 13.8 Å². The third kappa shape index (κ3) is 3.59. The molecule has 0 spiro atoms. The fourth-order valence-electron chi connectivity index (χ4n) is 2.54. The number of pyridine rings is 1. The van der Waals surface area contributed by atoms with Gasteiger partial charge in [0.1, 0.15) is 6.04 Å². The summed E-state index contributed by atoms with van der Waals surface area (Å²) in [6, 6.07) is 2.61. The lowest BCUT2D eigenvalue weighted by atomic mass is 10.1. The fourth-order valence-corrected chi connectivity index (χ4v) is 2.54. The first-order valence-corrected chi connectivity index (χ1v) is 7.99. The number of rotatable bonds is 6. The first kappa shape index (κ1) is 16.9. The van der Waals surface area contributed by atoms with Crippen molar-refractivity contribution in [1.29, 1.82) is 0 Å². The molecule has 25 heavy (non-hydrogen) atoms. The Bertz CT molecular complexity index is 770. The second kappa shape index (κ2) is 6.88. The lowest BCUT2D eigenvalue weighted by Gasteiger charge is -2.12. The van der Waals surface area contributed by atoms with Crippen molar-refractivity contribution in [1.82, 2.24) is 30.2 Å². The van der Waals surface area contributed by atoms with Crippen molar-refractivity contribution >= 4 is 11.9 Å². The smallest absolute Gasteiger partial charge is 0.325 e. The number of nitrogens with zero attached hydrogens (tertiary/aromatic N) is 5. The number of carbonyl (C=O) groups is 2. The van der Waals surface area contributed by atoms with E-state index in [2.05, 4.69) is 20.6 Å². The predicted molar refractivity (Wildman–Crippen MR) is 87.8 cm³/mol. The summed E-state index contributed by atoms with van der Waals surface area (Å²) in [4.78, 5) is 29.9. The van der Waals surface area contributed by atoms with Gasteiger partial charge in [-0.1, -0.05) is 11.3 Å². The summed E-state index contributed by atoms with van der Waals surface area (Å²) >= 11 is 0. The van der Waals surface area contributed by atoms with Crippen LogP contribution < -0.4 is 10.1 Å². The minimum atomic E-state index is -0.629.